The molecule has 15 heavy (non-hydrogen) atoms. The average Bonchev–Trinajstić information content (AvgIpc) is 2.25. The van der Waals surface area contributed by atoms with Gasteiger partial charge in [-0.2, -0.15) is 0 Å². The minimum absolute atomic E-state index is 0.00318. The molecular formula is C10H12N2O3. The standard InChI is InChI=1S/C10H12N2O3/c1-14-9-4-7(5-13)2-3-8(9)15-6-10(11)12/h2-5H,6H2,1H3,(H3,11,12). The molecule has 1 aromatic rings. The van der Waals surface area contributed by atoms with Crippen LogP contribution in [0, 0.1) is 5.41 Å². The zero-order chi connectivity index (χ0) is 11.3. The van der Waals surface area contributed by atoms with Gasteiger partial charge in [-0.3, -0.25) is 10.2 Å². The molecule has 0 aromatic heterocycles. The summed E-state index contributed by atoms with van der Waals surface area (Å²) in [6, 6.07) is 4.76. The first kappa shape index (κ1) is 11.0. The van der Waals surface area contributed by atoms with Crippen molar-refractivity contribution in [2.45, 2.75) is 0 Å². The SMILES string of the molecule is COc1cc(C=O)ccc1OCC(=N)N. The van der Waals surface area contributed by atoms with E-state index in [4.69, 9.17) is 20.6 Å². The van der Waals surface area contributed by atoms with Gasteiger partial charge in [0.1, 0.15) is 18.7 Å². The van der Waals surface area contributed by atoms with Gasteiger partial charge in [-0.1, -0.05) is 0 Å². The first-order chi connectivity index (χ1) is 7.17. The average molecular weight is 208 g/mol. The fraction of sp³-hybridized carbons (Fsp3) is 0.200. The molecule has 0 amide bonds. The van der Waals surface area contributed by atoms with Gasteiger partial charge in [-0.05, 0) is 18.2 Å². The normalized spacial score (nSPS) is 9.40. The van der Waals surface area contributed by atoms with Crippen LogP contribution in [0.5, 0.6) is 11.5 Å². The number of hydrogen-bond acceptors (Lipinski definition) is 4. The molecule has 0 saturated carbocycles. The number of hydrogen-bond donors (Lipinski definition) is 2. The van der Waals surface area contributed by atoms with E-state index < -0.39 is 0 Å². The van der Waals surface area contributed by atoms with Gasteiger partial charge in [0.15, 0.2) is 11.5 Å². The lowest BCUT2D eigenvalue weighted by atomic mass is 10.2. The Hall–Kier alpha value is -2.04. The van der Waals surface area contributed by atoms with Gasteiger partial charge in [0.05, 0.1) is 7.11 Å². The van der Waals surface area contributed by atoms with Crippen molar-refractivity contribution in [1.29, 1.82) is 5.41 Å². The number of amidine groups is 1. The van der Waals surface area contributed by atoms with Crippen LogP contribution in [0.2, 0.25) is 0 Å². The third-order valence-electron chi connectivity index (χ3n) is 1.71. The zero-order valence-corrected chi connectivity index (χ0v) is 8.32. The van der Waals surface area contributed by atoms with Gasteiger partial charge in [0.25, 0.3) is 0 Å². The van der Waals surface area contributed by atoms with E-state index in [2.05, 4.69) is 0 Å². The molecule has 0 bridgehead atoms. The van der Waals surface area contributed by atoms with Crippen molar-refractivity contribution in [1.82, 2.24) is 0 Å². The van der Waals surface area contributed by atoms with Crippen LogP contribution in [-0.2, 0) is 0 Å². The van der Waals surface area contributed by atoms with Gasteiger partial charge < -0.3 is 15.2 Å². The zero-order valence-electron chi connectivity index (χ0n) is 8.32. The lowest BCUT2D eigenvalue weighted by Gasteiger charge is -2.09. The predicted molar refractivity (Wildman–Crippen MR) is 55.8 cm³/mol. The molecule has 80 valence electrons. The Morgan fingerprint density at radius 3 is 2.80 bits per heavy atom. The monoisotopic (exact) mass is 208 g/mol. The van der Waals surface area contributed by atoms with Crippen LogP contribution in [0.3, 0.4) is 0 Å². The minimum Gasteiger partial charge on any atom is -0.493 e. The van der Waals surface area contributed by atoms with Crippen molar-refractivity contribution in [3.05, 3.63) is 23.8 Å². The number of nitrogens with two attached hydrogens (primary N) is 1. The predicted octanol–water partition coefficient (Wildman–Crippen LogP) is 0.822. The summed E-state index contributed by atoms with van der Waals surface area (Å²) in [6.07, 6.45) is 0.720. The number of methoxy groups -OCH3 is 1. The molecule has 3 N–H and O–H groups in total. The molecule has 0 aliphatic rings. The number of ether oxygens (including phenoxy) is 2. The van der Waals surface area contributed by atoms with Crippen LogP contribution in [0.1, 0.15) is 10.4 Å². The van der Waals surface area contributed by atoms with Crippen molar-refractivity contribution < 1.29 is 14.3 Å². The number of benzene rings is 1. The van der Waals surface area contributed by atoms with Crippen LogP contribution < -0.4 is 15.2 Å². The Balaban J connectivity index is 2.87. The molecule has 0 saturated heterocycles. The van der Waals surface area contributed by atoms with E-state index in [9.17, 15) is 4.79 Å². The highest BCUT2D eigenvalue weighted by molar-refractivity contribution is 5.79. The van der Waals surface area contributed by atoms with E-state index >= 15 is 0 Å². The first-order valence-corrected chi connectivity index (χ1v) is 4.26. The Kier molecular flexibility index (Phi) is 3.68. The topological polar surface area (TPSA) is 85.4 Å². The molecule has 0 unspecified atom stereocenters. The van der Waals surface area contributed by atoms with Crippen LogP contribution >= 0.6 is 0 Å². The van der Waals surface area contributed by atoms with Crippen molar-refractivity contribution in [3.63, 3.8) is 0 Å². The number of carbonyl (C=O) groups excluding carboxylic acids is 1. The number of carbonyl (C=O) groups is 1. The molecule has 0 aliphatic carbocycles. The molecule has 0 radical (unpaired) electrons. The first-order valence-electron chi connectivity index (χ1n) is 4.26. The van der Waals surface area contributed by atoms with Crippen LogP contribution in [0.4, 0.5) is 0 Å². The maximum atomic E-state index is 10.5. The summed E-state index contributed by atoms with van der Waals surface area (Å²) < 4.78 is 10.2. The molecule has 5 nitrogen and oxygen atoms in total. The largest absolute Gasteiger partial charge is 0.493 e. The van der Waals surface area contributed by atoms with Gasteiger partial charge in [0.2, 0.25) is 0 Å². The second kappa shape index (κ2) is 4.99. The summed E-state index contributed by atoms with van der Waals surface area (Å²) in [5.41, 5.74) is 5.65. The summed E-state index contributed by atoms with van der Waals surface area (Å²) in [4.78, 5) is 10.5. The van der Waals surface area contributed by atoms with E-state index in [1.165, 1.54) is 7.11 Å². The fourth-order valence-corrected chi connectivity index (χ4v) is 1.03. The molecule has 0 heterocycles. The van der Waals surface area contributed by atoms with Crippen LogP contribution in [0.15, 0.2) is 18.2 Å². The van der Waals surface area contributed by atoms with Crippen molar-refractivity contribution in [2.75, 3.05) is 13.7 Å². The molecule has 5 heteroatoms. The highest BCUT2D eigenvalue weighted by Gasteiger charge is 2.05. The number of nitrogens with one attached hydrogen (secondary N) is 1. The summed E-state index contributed by atoms with van der Waals surface area (Å²) >= 11 is 0. The third-order valence-corrected chi connectivity index (χ3v) is 1.71. The Morgan fingerprint density at radius 1 is 1.53 bits per heavy atom. The van der Waals surface area contributed by atoms with E-state index in [-0.39, 0.29) is 12.4 Å². The van der Waals surface area contributed by atoms with Crippen molar-refractivity contribution in [3.8, 4) is 11.5 Å². The molecule has 1 aromatic carbocycles. The minimum atomic E-state index is -0.0727. The van der Waals surface area contributed by atoms with Gasteiger partial charge in [-0.15, -0.1) is 0 Å². The molecular weight excluding hydrogens is 196 g/mol. The summed E-state index contributed by atoms with van der Waals surface area (Å²) in [5, 5.41) is 7.01. The number of rotatable bonds is 5. The highest BCUT2D eigenvalue weighted by Crippen LogP contribution is 2.27. The maximum Gasteiger partial charge on any atom is 0.161 e. The van der Waals surface area contributed by atoms with E-state index in [1.807, 2.05) is 0 Å². The molecule has 0 spiro atoms. The second-order valence-corrected chi connectivity index (χ2v) is 2.84. The van der Waals surface area contributed by atoms with Gasteiger partial charge >= 0.3 is 0 Å². The Morgan fingerprint density at radius 2 is 2.27 bits per heavy atom. The number of aldehydes is 1. The lowest BCUT2D eigenvalue weighted by Crippen LogP contribution is -2.19. The van der Waals surface area contributed by atoms with E-state index in [0.717, 1.165) is 6.29 Å². The maximum absolute atomic E-state index is 10.5. The molecule has 1 rings (SSSR count). The quantitative estimate of drug-likeness (QED) is 0.426. The van der Waals surface area contributed by atoms with Crippen molar-refractivity contribution >= 4 is 12.1 Å². The van der Waals surface area contributed by atoms with Crippen molar-refractivity contribution in [2.24, 2.45) is 5.73 Å². The summed E-state index contributed by atoms with van der Waals surface area (Å²) in [7, 11) is 1.48. The van der Waals surface area contributed by atoms with Crippen LogP contribution in [0.25, 0.3) is 0 Å². The van der Waals surface area contributed by atoms with Gasteiger partial charge in [0, 0.05) is 5.56 Å². The second-order valence-electron chi connectivity index (χ2n) is 2.84. The Bertz CT molecular complexity index is 377. The highest BCUT2D eigenvalue weighted by atomic mass is 16.5. The smallest absolute Gasteiger partial charge is 0.161 e. The van der Waals surface area contributed by atoms with E-state index in [1.54, 1.807) is 18.2 Å². The summed E-state index contributed by atoms with van der Waals surface area (Å²) in [6.45, 7) is -0.00318. The lowest BCUT2D eigenvalue weighted by molar-refractivity contribution is 0.112. The third kappa shape index (κ3) is 2.98. The Labute approximate surface area is 87.3 Å². The van der Waals surface area contributed by atoms with Crippen LogP contribution in [-0.4, -0.2) is 25.8 Å². The van der Waals surface area contributed by atoms with Gasteiger partial charge in [-0.25, -0.2) is 0 Å². The molecule has 0 fully saturated rings. The molecule has 0 aliphatic heterocycles. The van der Waals surface area contributed by atoms with E-state index in [0.29, 0.717) is 17.1 Å². The fourth-order valence-electron chi connectivity index (χ4n) is 1.03. The molecule has 0 atom stereocenters. The summed E-state index contributed by atoms with van der Waals surface area (Å²) in [5.74, 6) is 0.829.